The molecule has 0 aliphatic carbocycles. The summed E-state index contributed by atoms with van der Waals surface area (Å²) < 4.78 is 16.9. The molecule has 0 spiro atoms. The summed E-state index contributed by atoms with van der Waals surface area (Å²) in [6, 6.07) is 16.4. The number of benzene rings is 2. The normalized spacial score (nSPS) is 10.6. The zero-order chi connectivity index (χ0) is 22.9. The summed E-state index contributed by atoms with van der Waals surface area (Å²) in [6.07, 6.45) is 2.05. The molecular formula is C25H29N3O4. The van der Waals surface area contributed by atoms with Gasteiger partial charge in [0.2, 0.25) is 0 Å². The lowest BCUT2D eigenvalue weighted by molar-refractivity contribution is 0.102. The standard InChI is InChI=1S/C25H29N3O4/c1-4-5-14-31-22-8-6-7-9-23(22)32-19-12-10-18(11-13-19)27-25(29)20-15-17(2)21(16-30-3)28-24(20)26/h6-13,15H,4-5,14,16H2,1-3H3,(H2,26,28)(H,27,29). The van der Waals surface area contributed by atoms with Crippen molar-refractivity contribution in [2.45, 2.75) is 33.3 Å². The van der Waals surface area contributed by atoms with E-state index in [4.69, 9.17) is 19.9 Å². The second kappa shape index (κ2) is 11.2. The molecule has 0 radical (unpaired) electrons. The molecule has 7 heteroatoms. The van der Waals surface area contributed by atoms with Crippen LogP contribution in [0.25, 0.3) is 0 Å². The number of ether oxygens (including phenoxy) is 3. The smallest absolute Gasteiger partial charge is 0.259 e. The summed E-state index contributed by atoms with van der Waals surface area (Å²) in [6.45, 7) is 4.97. The fourth-order valence-corrected chi connectivity index (χ4v) is 3.04. The molecule has 3 N–H and O–H groups in total. The van der Waals surface area contributed by atoms with E-state index in [0.29, 0.717) is 47.4 Å². The van der Waals surface area contributed by atoms with Crippen LogP contribution in [-0.2, 0) is 11.3 Å². The van der Waals surface area contributed by atoms with Crippen molar-refractivity contribution >= 4 is 17.4 Å². The highest BCUT2D eigenvalue weighted by molar-refractivity contribution is 6.07. The summed E-state index contributed by atoms with van der Waals surface area (Å²) in [5, 5.41) is 2.84. The van der Waals surface area contributed by atoms with Gasteiger partial charge in [-0.05, 0) is 61.4 Å². The van der Waals surface area contributed by atoms with Gasteiger partial charge < -0.3 is 25.3 Å². The number of nitrogen functional groups attached to an aromatic ring is 1. The van der Waals surface area contributed by atoms with E-state index in [9.17, 15) is 4.79 Å². The Labute approximate surface area is 188 Å². The average Bonchev–Trinajstić information content (AvgIpc) is 2.79. The maximum absolute atomic E-state index is 12.7. The fraction of sp³-hybridized carbons (Fsp3) is 0.280. The van der Waals surface area contributed by atoms with E-state index in [0.717, 1.165) is 18.4 Å². The van der Waals surface area contributed by atoms with Crippen molar-refractivity contribution in [2.24, 2.45) is 0 Å². The fourth-order valence-electron chi connectivity index (χ4n) is 3.04. The molecule has 0 saturated heterocycles. The summed E-state index contributed by atoms with van der Waals surface area (Å²) >= 11 is 0. The van der Waals surface area contributed by atoms with Crippen molar-refractivity contribution in [3.8, 4) is 17.2 Å². The Balaban J connectivity index is 1.67. The largest absolute Gasteiger partial charge is 0.490 e. The number of aryl methyl sites for hydroxylation is 1. The van der Waals surface area contributed by atoms with E-state index in [-0.39, 0.29) is 11.7 Å². The number of carbonyl (C=O) groups is 1. The SMILES string of the molecule is CCCCOc1ccccc1Oc1ccc(NC(=O)c2cc(C)c(COC)nc2N)cc1. The minimum absolute atomic E-state index is 0.166. The predicted molar refractivity (Wildman–Crippen MR) is 125 cm³/mol. The van der Waals surface area contributed by atoms with Gasteiger partial charge in [0.05, 0.1) is 24.5 Å². The van der Waals surface area contributed by atoms with Gasteiger partial charge in [0.25, 0.3) is 5.91 Å². The van der Waals surface area contributed by atoms with E-state index in [2.05, 4.69) is 17.2 Å². The van der Waals surface area contributed by atoms with Crippen LogP contribution in [0.2, 0.25) is 0 Å². The third-order valence-corrected chi connectivity index (χ3v) is 4.82. The molecule has 3 rings (SSSR count). The predicted octanol–water partition coefficient (Wildman–Crippen LogP) is 5.34. The molecule has 0 unspecified atom stereocenters. The first-order valence-corrected chi connectivity index (χ1v) is 10.6. The van der Waals surface area contributed by atoms with E-state index in [1.54, 1.807) is 37.4 Å². The number of anilines is 2. The van der Waals surface area contributed by atoms with Crippen LogP contribution in [0.4, 0.5) is 11.5 Å². The number of unbranched alkanes of at least 4 members (excludes halogenated alkanes) is 1. The Kier molecular flexibility index (Phi) is 8.05. The van der Waals surface area contributed by atoms with Crippen LogP contribution in [0.5, 0.6) is 17.2 Å². The lowest BCUT2D eigenvalue weighted by Gasteiger charge is -2.13. The number of methoxy groups -OCH3 is 1. The van der Waals surface area contributed by atoms with Gasteiger partial charge in [-0.1, -0.05) is 25.5 Å². The van der Waals surface area contributed by atoms with Crippen LogP contribution >= 0.6 is 0 Å². The topological polar surface area (TPSA) is 95.7 Å². The van der Waals surface area contributed by atoms with Crippen LogP contribution in [-0.4, -0.2) is 24.6 Å². The summed E-state index contributed by atoms with van der Waals surface area (Å²) in [4.78, 5) is 17.0. The Hall–Kier alpha value is -3.58. The Morgan fingerprint density at radius 3 is 2.50 bits per heavy atom. The number of nitrogens with zero attached hydrogens (tertiary/aromatic N) is 1. The molecule has 7 nitrogen and oxygen atoms in total. The summed E-state index contributed by atoms with van der Waals surface area (Å²) in [5.41, 5.74) is 8.47. The van der Waals surface area contributed by atoms with Crippen LogP contribution in [0.3, 0.4) is 0 Å². The molecule has 1 amide bonds. The maximum atomic E-state index is 12.7. The Bertz CT molecular complexity index is 1050. The first-order valence-electron chi connectivity index (χ1n) is 10.6. The lowest BCUT2D eigenvalue weighted by atomic mass is 10.1. The molecule has 0 atom stereocenters. The average molecular weight is 436 g/mol. The molecule has 0 fully saturated rings. The van der Waals surface area contributed by atoms with E-state index in [1.165, 1.54) is 0 Å². The molecule has 3 aromatic rings. The van der Waals surface area contributed by atoms with E-state index < -0.39 is 0 Å². The molecule has 1 heterocycles. The minimum Gasteiger partial charge on any atom is -0.490 e. The Morgan fingerprint density at radius 1 is 1.09 bits per heavy atom. The molecule has 0 aliphatic rings. The second-order valence-electron chi connectivity index (χ2n) is 7.35. The van der Waals surface area contributed by atoms with Gasteiger partial charge in [0.1, 0.15) is 11.6 Å². The van der Waals surface area contributed by atoms with Gasteiger partial charge in [-0.2, -0.15) is 0 Å². The van der Waals surface area contributed by atoms with Gasteiger partial charge in [0, 0.05) is 12.8 Å². The highest BCUT2D eigenvalue weighted by atomic mass is 16.5. The molecule has 168 valence electrons. The highest BCUT2D eigenvalue weighted by Crippen LogP contribution is 2.32. The lowest BCUT2D eigenvalue weighted by Crippen LogP contribution is -2.16. The number of pyridine rings is 1. The van der Waals surface area contributed by atoms with Crippen LogP contribution in [0, 0.1) is 6.92 Å². The van der Waals surface area contributed by atoms with Crippen LogP contribution in [0.15, 0.2) is 54.6 Å². The molecule has 0 saturated carbocycles. The quantitative estimate of drug-likeness (QED) is 0.417. The van der Waals surface area contributed by atoms with Gasteiger partial charge in [-0.15, -0.1) is 0 Å². The second-order valence-corrected chi connectivity index (χ2v) is 7.35. The monoisotopic (exact) mass is 435 g/mol. The Morgan fingerprint density at radius 2 is 1.81 bits per heavy atom. The van der Waals surface area contributed by atoms with Gasteiger partial charge in [-0.25, -0.2) is 4.98 Å². The maximum Gasteiger partial charge on any atom is 0.259 e. The molecular weight excluding hydrogens is 406 g/mol. The number of aromatic nitrogens is 1. The first-order chi connectivity index (χ1) is 15.5. The molecule has 2 aromatic carbocycles. The minimum atomic E-state index is -0.328. The van der Waals surface area contributed by atoms with Crippen molar-refractivity contribution in [1.29, 1.82) is 0 Å². The molecule has 32 heavy (non-hydrogen) atoms. The van der Waals surface area contributed by atoms with Gasteiger partial charge >= 0.3 is 0 Å². The van der Waals surface area contributed by atoms with E-state index >= 15 is 0 Å². The highest BCUT2D eigenvalue weighted by Gasteiger charge is 2.14. The molecule has 1 aromatic heterocycles. The molecule has 0 aliphatic heterocycles. The number of amides is 1. The first kappa shape index (κ1) is 23.1. The van der Waals surface area contributed by atoms with Gasteiger partial charge in [-0.3, -0.25) is 4.79 Å². The summed E-state index contributed by atoms with van der Waals surface area (Å²) in [7, 11) is 1.59. The number of hydrogen-bond donors (Lipinski definition) is 2. The number of carbonyl (C=O) groups excluding carboxylic acids is 1. The van der Waals surface area contributed by atoms with Crippen molar-refractivity contribution in [3.63, 3.8) is 0 Å². The number of para-hydroxylation sites is 2. The number of nitrogens with one attached hydrogen (secondary N) is 1. The van der Waals surface area contributed by atoms with Crippen LogP contribution < -0.4 is 20.5 Å². The van der Waals surface area contributed by atoms with Crippen molar-refractivity contribution in [1.82, 2.24) is 4.98 Å². The van der Waals surface area contributed by atoms with Crippen molar-refractivity contribution < 1.29 is 19.0 Å². The van der Waals surface area contributed by atoms with E-state index in [1.807, 2.05) is 31.2 Å². The van der Waals surface area contributed by atoms with Gasteiger partial charge in [0.15, 0.2) is 11.5 Å². The molecule has 0 bridgehead atoms. The third-order valence-electron chi connectivity index (χ3n) is 4.82. The van der Waals surface area contributed by atoms with Crippen LogP contribution in [0.1, 0.15) is 41.4 Å². The zero-order valence-corrected chi connectivity index (χ0v) is 18.7. The number of nitrogens with two attached hydrogens (primary N) is 1. The third kappa shape index (κ3) is 5.98. The van der Waals surface area contributed by atoms with Crippen molar-refractivity contribution in [2.75, 3.05) is 24.8 Å². The number of hydrogen-bond acceptors (Lipinski definition) is 6. The zero-order valence-electron chi connectivity index (χ0n) is 18.7. The summed E-state index contributed by atoms with van der Waals surface area (Å²) in [5.74, 6) is 1.82. The number of rotatable bonds is 10. The van der Waals surface area contributed by atoms with Crippen molar-refractivity contribution in [3.05, 3.63) is 71.4 Å².